The van der Waals surface area contributed by atoms with E-state index < -0.39 is 10.0 Å². The number of rotatable bonds is 7. The standard InChI is InChI=1S/C14H21ClN2O2S/c1-3-10(2)17-20(18,19)14-8-11(4-7-13(14)15)9-16-12-5-6-12/h4,7-8,10,12,16-17H,3,5-6,9H2,1-2H3. The second-order valence-corrected chi connectivity index (χ2v) is 7.44. The lowest BCUT2D eigenvalue weighted by molar-refractivity contribution is 0.555. The predicted molar refractivity (Wildman–Crippen MR) is 81.4 cm³/mol. The number of hydrogen-bond acceptors (Lipinski definition) is 3. The first-order chi connectivity index (χ1) is 9.42. The topological polar surface area (TPSA) is 58.2 Å². The molecule has 0 radical (unpaired) electrons. The lowest BCUT2D eigenvalue weighted by atomic mass is 10.2. The zero-order valence-corrected chi connectivity index (χ0v) is 13.4. The molecule has 0 bridgehead atoms. The molecule has 1 saturated carbocycles. The third kappa shape index (κ3) is 4.19. The molecule has 2 rings (SSSR count). The molecule has 1 aromatic carbocycles. The van der Waals surface area contributed by atoms with Gasteiger partial charge in [-0.2, -0.15) is 0 Å². The molecule has 0 aromatic heterocycles. The number of sulfonamides is 1. The monoisotopic (exact) mass is 316 g/mol. The average molecular weight is 317 g/mol. The smallest absolute Gasteiger partial charge is 0.242 e. The molecular weight excluding hydrogens is 296 g/mol. The highest BCUT2D eigenvalue weighted by molar-refractivity contribution is 7.89. The molecule has 112 valence electrons. The van der Waals surface area contributed by atoms with Crippen molar-refractivity contribution < 1.29 is 8.42 Å². The summed E-state index contributed by atoms with van der Waals surface area (Å²) in [6, 6.07) is 5.65. The molecular formula is C14H21ClN2O2S. The van der Waals surface area contributed by atoms with Gasteiger partial charge in [-0.05, 0) is 43.9 Å². The van der Waals surface area contributed by atoms with Crippen LogP contribution in [0.15, 0.2) is 23.1 Å². The number of halogens is 1. The quantitative estimate of drug-likeness (QED) is 0.813. The SMILES string of the molecule is CCC(C)NS(=O)(=O)c1cc(CNC2CC2)ccc1Cl. The molecule has 0 aliphatic heterocycles. The van der Waals surface area contributed by atoms with Gasteiger partial charge in [0.1, 0.15) is 4.90 Å². The van der Waals surface area contributed by atoms with Crippen LogP contribution in [0.3, 0.4) is 0 Å². The lowest BCUT2D eigenvalue weighted by Crippen LogP contribution is -2.32. The fourth-order valence-electron chi connectivity index (χ4n) is 1.82. The molecule has 2 N–H and O–H groups in total. The lowest BCUT2D eigenvalue weighted by Gasteiger charge is -2.14. The molecule has 1 aliphatic rings. The molecule has 0 amide bonds. The summed E-state index contributed by atoms with van der Waals surface area (Å²) in [6.07, 6.45) is 3.14. The first-order valence-electron chi connectivity index (χ1n) is 6.96. The summed E-state index contributed by atoms with van der Waals surface area (Å²) in [4.78, 5) is 0.162. The fraction of sp³-hybridized carbons (Fsp3) is 0.571. The summed E-state index contributed by atoms with van der Waals surface area (Å²) in [5, 5.41) is 3.62. The minimum Gasteiger partial charge on any atom is -0.310 e. The molecule has 1 aliphatic carbocycles. The Kier molecular flexibility index (Phi) is 5.07. The molecule has 1 fully saturated rings. The van der Waals surface area contributed by atoms with Gasteiger partial charge < -0.3 is 5.32 Å². The maximum absolute atomic E-state index is 12.3. The van der Waals surface area contributed by atoms with E-state index in [4.69, 9.17) is 11.6 Å². The Morgan fingerprint density at radius 1 is 1.40 bits per heavy atom. The van der Waals surface area contributed by atoms with E-state index in [1.165, 1.54) is 12.8 Å². The number of nitrogens with one attached hydrogen (secondary N) is 2. The van der Waals surface area contributed by atoms with Crippen LogP contribution in [0.5, 0.6) is 0 Å². The van der Waals surface area contributed by atoms with Crippen LogP contribution in [0.2, 0.25) is 5.02 Å². The van der Waals surface area contributed by atoms with Crippen molar-refractivity contribution in [2.24, 2.45) is 0 Å². The molecule has 20 heavy (non-hydrogen) atoms. The van der Waals surface area contributed by atoms with Crippen LogP contribution < -0.4 is 10.0 Å². The van der Waals surface area contributed by atoms with E-state index in [1.54, 1.807) is 12.1 Å². The van der Waals surface area contributed by atoms with Crippen molar-refractivity contribution in [1.29, 1.82) is 0 Å². The van der Waals surface area contributed by atoms with Crippen molar-refractivity contribution in [3.8, 4) is 0 Å². The summed E-state index contributed by atoms with van der Waals surface area (Å²) in [5.41, 5.74) is 0.936. The normalized spacial score (nSPS) is 17.1. The molecule has 1 atom stereocenters. The molecule has 4 nitrogen and oxygen atoms in total. The first-order valence-corrected chi connectivity index (χ1v) is 8.82. The van der Waals surface area contributed by atoms with Gasteiger partial charge in [0.15, 0.2) is 0 Å². The second kappa shape index (κ2) is 6.43. The van der Waals surface area contributed by atoms with E-state index >= 15 is 0 Å². The van der Waals surface area contributed by atoms with Crippen molar-refractivity contribution in [2.45, 2.75) is 56.6 Å². The zero-order valence-electron chi connectivity index (χ0n) is 11.8. The summed E-state index contributed by atoms with van der Waals surface area (Å²) >= 11 is 6.04. The third-order valence-electron chi connectivity index (χ3n) is 3.43. The molecule has 6 heteroatoms. The summed E-state index contributed by atoms with van der Waals surface area (Å²) in [6.45, 7) is 4.45. The fourth-order valence-corrected chi connectivity index (χ4v) is 3.70. The minimum atomic E-state index is -3.56. The van der Waals surface area contributed by atoms with E-state index in [2.05, 4.69) is 10.0 Å². The molecule has 0 heterocycles. The van der Waals surface area contributed by atoms with Crippen LogP contribution in [0.4, 0.5) is 0 Å². The predicted octanol–water partition coefficient (Wildman–Crippen LogP) is 2.67. The summed E-state index contributed by atoms with van der Waals surface area (Å²) in [5.74, 6) is 0. The molecule has 1 unspecified atom stereocenters. The van der Waals surface area contributed by atoms with E-state index in [9.17, 15) is 8.42 Å². The van der Waals surface area contributed by atoms with Gasteiger partial charge in [-0.25, -0.2) is 13.1 Å². The number of benzene rings is 1. The largest absolute Gasteiger partial charge is 0.310 e. The Morgan fingerprint density at radius 3 is 2.70 bits per heavy atom. The Balaban J connectivity index is 2.17. The summed E-state index contributed by atoms with van der Waals surface area (Å²) in [7, 11) is -3.56. The Morgan fingerprint density at radius 2 is 2.10 bits per heavy atom. The van der Waals surface area contributed by atoms with Crippen LogP contribution in [-0.2, 0) is 16.6 Å². The van der Waals surface area contributed by atoms with Crippen molar-refractivity contribution >= 4 is 21.6 Å². The van der Waals surface area contributed by atoms with Gasteiger partial charge in [-0.3, -0.25) is 0 Å². The van der Waals surface area contributed by atoms with Gasteiger partial charge in [0, 0.05) is 18.6 Å². The Hall–Kier alpha value is -0.620. The number of hydrogen-bond donors (Lipinski definition) is 2. The second-order valence-electron chi connectivity index (χ2n) is 5.35. The highest BCUT2D eigenvalue weighted by atomic mass is 35.5. The first kappa shape index (κ1) is 15.8. The van der Waals surface area contributed by atoms with Crippen LogP contribution in [0.25, 0.3) is 0 Å². The van der Waals surface area contributed by atoms with Crippen molar-refractivity contribution in [3.63, 3.8) is 0 Å². The van der Waals surface area contributed by atoms with Gasteiger partial charge >= 0.3 is 0 Å². The van der Waals surface area contributed by atoms with Crippen LogP contribution in [0, 0.1) is 0 Å². The molecule has 0 spiro atoms. The maximum Gasteiger partial charge on any atom is 0.242 e. The van der Waals surface area contributed by atoms with E-state index in [1.807, 2.05) is 19.9 Å². The van der Waals surface area contributed by atoms with Gasteiger partial charge in [0.05, 0.1) is 5.02 Å². The van der Waals surface area contributed by atoms with Gasteiger partial charge in [0.2, 0.25) is 10.0 Å². The van der Waals surface area contributed by atoms with E-state index in [-0.39, 0.29) is 16.0 Å². The van der Waals surface area contributed by atoms with Crippen molar-refractivity contribution in [2.75, 3.05) is 0 Å². The summed E-state index contributed by atoms with van der Waals surface area (Å²) < 4.78 is 27.3. The average Bonchev–Trinajstić information content (AvgIpc) is 3.21. The van der Waals surface area contributed by atoms with Gasteiger partial charge in [-0.1, -0.05) is 24.6 Å². The molecule has 1 aromatic rings. The zero-order chi connectivity index (χ0) is 14.8. The highest BCUT2D eigenvalue weighted by Crippen LogP contribution is 2.24. The minimum absolute atomic E-state index is 0.107. The third-order valence-corrected chi connectivity index (χ3v) is 5.50. The Bertz CT molecular complexity index is 571. The van der Waals surface area contributed by atoms with Crippen molar-refractivity contribution in [1.82, 2.24) is 10.0 Å². The van der Waals surface area contributed by atoms with Crippen LogP contribution >= 0.6 is 11.6 Å². The Labute approximate surface area is 126 Å². The molecule has 0 saturated heterocycles. The van der Waals surface area contributed by atoms with E-state index in [0.29, 0.717) is 12.6 Å². The van der Waals surface area contributed by atoms with Crippen molar-refractivity contribution in [3.05, 3.63) is 28.8 Å². The van der Waals surface area contributed by atoms with Gasteiger partial charge in [-0.15, -0.1) is 0 Å². The van der Waals surface area contributed by atoms with E-state index in [0.717, 1.165) is 12.0 Å². The highest BCUT2D eigenvalue weighted by Gasteiger charge is 2.22. The van der Waals surface area contributed by atoms with Gasteiger partial charge in [0.25, 0.3) is 0 Å². The van der Waals surface area contributed by atoms with Crippen LogP contribution in [0.1, 0.15) is 38.7 Å². The van der Waals surface area contributed by atoms with Crippen LogP contribution in [-0.4, -0.2) is 20.5 Å². The maximum atomic E-state index is 12.3.